The number of carbonyl (C=O) groups is 2. The summed E-state index contributed by atoms with van der Waals surface area (Å²) >= 11 is 3.22. The molecule has 0 saturated heterocycles. The van der Waals surface area contributed by atoms with Crippen LogP contribution in [0.15, 0.2) is 33.9 Å². The molecule has 0 unspecified atom stereocenters. The van der Waals surface area contributed by atoms with E-state index in [0.29, 0.717) is 25.7 Å². The number of hydrogen-bond acceptors (Lipinski definition) is 6. The molecule has 2 N–H and O–H groups in total. The van der Waals surface area contributed by atoms with Crippen LogP contribution in [-0.2, 0) is 35.3 Å². The van der Waals surface area contributed by atoms with Crippen LogP contribution in [0.2, 0.25) is 0 Å². The standard InChI is InChI=1S/C28H38O6S2/c1-27(2,25(31)32)13-7-5-9-21-15-19(29)17-23(35-21)11-12-24-18-20(30)16-22(36-24)10-6-8-14-28(3,4)26(33)34/h15-18H,5-14H2,1-4H3,(H,31,32)(H,33,34). The predicted octanol–water partition coefficient (Wildman–Crippen LogP) is 5.96. The van der Waals surface area contributed by atoms with E-state index >= 15 is 0 Å². The topological polar surface area (TPSA) is 109 Å². The van der Waals surface area contributed by atoms with Crippen molar-refractivity contribution in [2.75, 3.05) is 0 Å². The van der Waals surface area contributed by atoms with E-state index in [0.717, 1.165) is 58.0 Å². The average Bonchev–Trinajstić information content (AvgIpc) is 2.77. The van der Waals surface area contributed by atoms with Crippen molar-refractivity contribution in [3.8, 4) is 0 Å². The zero-order valence-electron chi connectivity index (χ0n) is 21.7. The normalized spacial score (nSPS) is 12.0. The smallest absolute Gasteiger partial charge is 0.309 e. The number of carboxylic acids is 2. The van der Waals surface area contributed by atoms with Crippen molar-refractivity contribution in [2.45, 2.75) is 91.9 Å². The third kappa shape index (κ3) is 9.97. The first kappa shape index (κ1) is 29.9. The molecule has 0 amide bonds. The van der Waals surface area contributed by atoms with Crippen molar-refractivity contribution >= 4 is 34.6 Å². The zero-order chi connectivity index (χ0) is 26.9. The molecule has 0 spiro atoms. The zero-order valence-corrected chi connectivity index (χ0v) is 23.4. The van der Waals surface area contributed by atoms with Gasteiger partial charge in [-0.15, -0.1) is 22.7 Å². The Morgan fingerprint density at radius 2 is 0.917 bits per heavy atom. The molecule has 0 aliphatic rings. The van der Waals surface area contributed by atoms with Gasteiger partial charge < -0.3 is 10.2 Å². The molecule has 0 radical (unpaired) electrons. The van der Waals surface area contributed by atoms with E-state index in [1.165, 1.54) is 0 Å². The summed E-state index contributed by atoms with van der Waals surface area (Å²) in [7, 11) is 0. The molecule has 0 aromatic carbocycles. The van der Waals surface area contributed by atoms with Crippen LogP contribution >= 0.6 is 22.7 Å². The number of unbranched alkanes of at least 4 members (excludes halogenated alkanes) is 2. The lowest BCUT2D eigenvalue weighted by molar-refractivity contribution is -0.148. The van der Waals surface area contributed by atoms with Crippen LogP contribution < -0.4 is 10.9 Å². The third-order valence-electron chi connectivity index (χ3n) is 6.46. The van der Waals surface area contributed by atoms with Crippen LogP contribution in [0, 0.1) is 10.8 Å². The van der Waals surface area contributed by atoms with E-state index < -0.39 is 22.8 Å². The van der Waals surface area contributed by atoms with Crippen LogP contribution in [0.5, 0.6) is 0 Å². The molecule has 2 aromatic heterocycles. The number of hydrogen-bond donors (Lipinski definition) is 2. The molecular weight excluding hydrogens is 496 g/mol. The lowest BCUT2D eigenvalue weighted by atomic mass is 9.87. The maximum atomic E-state index is 12.2. The van der Waals surface area contributed by atoms with Gasteiger partial charge in [0.1, 0.15) is 0 Å². The summed E-state index contributed by atoms with van der Waals surface area (Å²) in [5.74, 6) is -1.58. The Hall–Kier alpha value is -2.32. The van der Waals surface area contributed by atoms with Crippen molar-refractivity contribution in [1.82, 2.24) is 0 Å². The van der Waals surface area contributed by atoms with Crippen molar-refractivity contribution in [1.29, 1.82) is 0 Å². The molecule has 6 nitrogen and oxygen atoms in total. The summed E-state index contributed by atoms with van der Waals surface area (Å²) in [5, 5.41) is 18.5. The summed E-state index contributed by atoms with van der Waals surface area (Å²) < 4.78 is 0. The van der Waals surface area contributed by atoms with Crippen LogP contribution in [0.1, 0.15) is 85.7 Å². The van der Waals surface area contributed by atoms with Crippen molar-refractivity contribution in [3.05, 3.63) is 64.2 Å². The highest BCUT2D eigenvalue weighted by Crippen LogP contribution is 2.26. The molecule has 0 atom stereocenters. The number of aryl methyl sites for hydroxylation is 4. The Morgan fingerprint density at radius 1 is 0.611 bits per heavy atom. The van der Waals surface area contributed by atoms with E-state index in [9.17, 15) is 29.4 Å². The van der Waals surface area contributed by atoms with Gasteiger partial charge in [-0.25, -0.2) is 0 Å². The fourth-order valence-electron chi connectivity index (χ4n) is 3.86. The van der Waals surface area contributed by atoms with Crippen molar-refractivity contribution in [2.24, 2.45) is 10.8 Å². The first-order chi connectivity index (χ1) is 16.8. The SMILES string of the molecule is CC(C)(CCCCc1cc(=O)cc(CCc2cc(=O)cc(CCCCC(C)(C)C(=O)O)s2)s1)C(=O)O. The lowest BCUT2D eigenvalue weighted by Crippen LogP contribution is -2.23. The Labute approximate surface area is 221 Å². The number of rotatable bonds is 15. The summed E-state index contributed by atoms with van der Waals surface area (Å²) in [6.07, 6.45) is 7.34. The highest BCUT2D eigenvalue weighted by atomic mass is 32.1. The lowest BCUT2D eigenvalue weighted by Gasteiger charge is -2.18. The van der Waals surface area contributed by atoms with Crippen LogP contribution in [0.25, 0.3) is 0 Å². The van der Waals surface area contributed by atoms with E-state index in [2.05, 4.69) is 0 Å². The van der Waals surface area contributed by atoms with Gasteiger partial charge in [-0.2, -0.15) is 0 Å². The van der Waals surface area contributed by atoms with Gasteiger partial charge in [0.05, 0.1) is 10.8 Å². The van der Waals surface area contributed by atoms with Gasteiger partial charge in [0.15, 0.2) is 10.9 Å². The van der Waals surface area contributed by atoms with Gasteiger partial charge in [-0.05, 0) is 103 Å². The monoisotopic (exact) mass is 534 g/mol. The molecule has 2 aromatic rings. The summed E-state index contributed by atoms with van der Waals surface area (Å²) in [6.45, 7) is 6.94. The Balaban J connectivity index is 1.92. The minimum absolute atomic E-state index is 0.0177. The molecule has 2 rings (SSSR count). The molecule has 0 aliphatic carbocycles. The quantitative estimate of drug-likeness (QED) is 0.273. The van der Waals surface area contributed by atoms with Crippen LogP contribution in [-0.4, -0.2) is 22.2 Å². The molecule has 0 aliphatic heterocycles. The molecule has 2 heterocycles. The second-order valence-electron chi connectivity index (χ2n) is 10.7. The number of carboxylic acid groups (broad SMARTS) is 2. The first-order valence-corrected chi connectivity index (χ1v) is 14.1. The van der Waals surface area contributed by atoms with E-state index in [4.69, 9.17) is 0 Å². The van der Waals surface area contributed by atoms with Crippen molar-refractivity contribution in [3.63, 3.8) is 0 Å². The molecule has 0 bridgehead atoms. The Kier molecular flexibility index (Phi) is 11.0. The van der Waals surface area contributed by atoms with E-state index in [-0.39, 0.29) is 10.9 Å². The maximum Gasteiger partial charge on any atom is 0.309 e. The number of aliphatic carboxylic acids is 2. The molecule has 0 saturated carbocycles. The Bertz CT molecular complexity index is 1070. The van der Waals surface area contributed by atoms with Gasteiger partial charge in [-0.3, -0.25) is 19.2 Å². The van der Waals surface area contributed by atoms with Gasteiger partial charge in [0.2, 0.25) is 0 Å². The third-order valence-corrected chi connectivity index (χ3v) is 8.80. The summed E-state index contributed by atoms with van der Waals surface area (Å²) in [6, 6.07) is 6.67. The van der Waals surface area contributed by atoms with Crippen molar-refractivity contribution < 1.29 is 19.8 Å². The minimum atomic E-state index is -0.789. The molecule has 8 heteroatoms. The largest absolute Gasteiger partial charge is 0.481 e. The summed E-state index contributed by atoms with van der Waals surface area (Å²) in [4.78, 5) is 50.9. The highest BCUT2D eigenvalue weighted by Gasteiger charge is 2.26. The van der Waals surface area contributed by atoms with Crippen LogP contribution in [0.3, 0.4) is 0 Å². The molecule has 0 fully saturated rings. The van der Waals surface area contributed by atoms with Gasteiger partial charge in [0, 0.05) is 19.5 Å². The van der Waals surface area contributed by atoms with Crippen LogP contribution in [0.4, 0.5) is 0 Å². The minimum Gasteiger partial charge on any atom is -0.481 e. The van der Waals surface area contributed by atoms with Gasteiger partial charge >= 0.3 is 11.9 Å². The molecule has 198 valence electrons. The van der Waals surface area contributed by atoms with E-state index in [1.807, 2.05) is 0 Å². The summed E-state index contributed by atoms with van der Waals surface area (Å²) in [5.41, 5.74) is -1.51. The van der Waals surface area contributed by atoms with Gasteiger partial charge in [-0.1, -0.05) is 12.8 Å². The maximum absolute atomic E-state index is 12.2. The average molecular weight is 535 g/mol. The second kappa shape index (κ2) is 13.3. The molecule has 36 heavy (non-hydrogen) atoms. The fourth-order valence-corrected chi connectivity index (χ4v) is 6.13. The first-order valence-electron chi connectivity index (χ1n) is 12.5. The predicted molar refractivity (Wildman–Crippen MR) is 147 cm³/mol. The fraction of sp³-hybridized carbons (Fsp3) is 0.571. The Morgan fingerprint density at radius 3 is 1.22 bits per heavy atom. The molecular formula is C28H38O6S2. The second-order valence-corrected chi connectivity index (χ2v) is 13.2. The van der Waals surface area contributed by atoms with Gasteiger partial charge in [0.25, 0.3) is 0 Å². The highest BCUT2D eigenvalue weighted by molar-refractivity contribution is 7.12. The van der Waals surface area contributed by atoms with E-state index in [1.54, 1.807) is 74.6 Å².